The minimum atomic E-state index is -1.73. The number of hydrogen-bond acceptors (Lipinski definition) is 11. The Balaban J connectivity index is 1.29. The molecule has 1 aromatic heterocycles. The first-order chi connectivity index (χ1) is 23.5. The van der Waals surface area contributed by atoms with E-state index >= 15 is 0 Å². The van der Waals surface area contributed by atoms with Crippen LogP contribution < -0.4 is 5.32 Å². The normalized spacial score (nSPS) is 20.3. The Morgan fingerprint density at radius 2 is 1.88 bits per heavy atom. The molecule has 268 valence electrons. The van der Waals surface area contributed by atoms with Gasteiger partial charge in [-0.3, -0.25) is 19.3 Å². The Morgan fingerprint density at radius 1 is 1.18 bits per heavy atom. The second-order valence-electron chi connectivity index (χ2n) is 13.2. The highest BCUT2D eigenvalue weighted by Crippen LogP contribution is 2.46. The number of nitrogens with zero attached hydrogens (tertiary/aromatic N) is 4. The van der Waals surface area contributed by atoms with E-state index in [0.717, 1.165) is 25.9 Å². The molecule has 1 aromatic carbocycles. The van der Waals surface area contributed by atoms with Crippen LogP contribution in [-0.4, -0.2) is 114 Å². The van der Waals surface area contributed by atoms with Gasteiger partial charge in [0.15, 0.2) is 11.5 Å². The topological polar surface area (TPSA) is 196 Å². The summed E-state index contributed by atoms with van der Waals surface area (Å²) in [5.74, 6) is -4.64. The van der Waals surface area contributed by atoms with E-state index in [1.165, 1.54) is 41.8 Å². The van der Waals surface area contributed by atoms with E-state index in [9.17, 15) is 39.3 Å². The molecule has 17 heteroatoms. The number of amides is 2. The molecule has 0 spiro atoms. The average Bonchev–Trinajstić information content (AvgIpc) is 3.71. The van der Waals surface area contributed by atoms with Gasteiger partial charge < -0.3 is 30.0 Å². The van der Waals surface area contributed by atoms with Gasteiger partial charge in [-0.05, 0) is 39.3 Å². The standard InChI is InChI=1S/C33H38ClN5O9S2/c1-17-7-8-20(24(34)27(17)41)28(42)35-9-12-39(10-5-6-11-39)14-19-15-50-30-21(29(43)38(30)26(19)31(44)45)13-23(40)25(22-16-49-18(2)36-22)37-48-33(3,4)32(46)47/h7-8,16,21,30H,5-6,9-15H2,1-4H3,(H3-,35,41,42,44,45,46,47)/p+1/b37-25-/t21-,30-/m1/s1. The zero-order valence-electron chi connectivity index (χ0n) is 28.0. The lowest BCUT2D eigenvalue weighted by molar-refractivity contribution is -0.911. The fourth-order valence-corrected chi connectivity index (χ4v) is 8.66. The first-order valence-corrected chi connectivity index (χ1v) is 18.3. The second-order valence-corrected chi connectivity index (χ2v) is 15.8. The van der Waals surface area contributed by atoms with Gasteiger partial charge in [0, 0.05) is 36.0 Å². The average molecular weight is 749 g/mol. The van der Waals surface area contributed by atoms with Crippen molar-refractivity contribution in [3.8, 4) is 5.75 Å². The lowest BCUT2D eigenvalue weighted by Crippen LogP contribution is -2.63. The predicted molar refractivity (Wildman–Crippen MR) is 186 cm³/mol. The zero-order chi connectivity index (χ0) is 36.5. The van der Waals surface area contributed by atoms with Crippen molar-refractivity contribution in [2.75, 3.05) is 38.5 Å². The van der Waals surface area contributed by atoms with Crippen molar-refractivity contribution in [2.24, 2.45) is 11.1 Å². The maximum absolute atomic E-state index is 13.6. The van der Waals surface area contributed by atoms with E-state index < -0.39 is 46.4 Å². The van der Waals surface area contributed by atoms with Crippen molar-refractivity contribution >= 4 is 69.9 Å². The molecule has 0 saturated carbocycles. The molecule has 5 rings (SSSR count). The van der Waals surface area contributed by atoms with Gasteiger partial charge in [0.1, 0.15) is 23.7 Å². The molecule has 2 aromatic rings. The number of likely N-dealkylation sites (tertiary alicyclic amines) is 1. The number of halogens is 1. The summed E-state index contributed by atoms with van der Waals surface area (Å²) in [7, 11) is 0. The number of thioether (sulfide) groups is 1. The monoisotopic (exact) mass is 748 g/mol. The summed E-state index contributed by atoms with van der Waals surface area (Å²) >= 11 is 8.86. The summed E-state index contributed by atoms with van der Waals surface area (Å²) in [6, 6.07) is 3.17. The molecule has 0 bridgehead atoms. The van der Waals surface area contributed by atoms with Crippen LogP contribution in [0.1, 0.15) is 59.7 Å². The summed E-state index contributed by atoms with van der Waals surface area (Å²) in [6.45, 7) is 8.74. The third-order valence-electron chi connectivity index (χ3n) is 9.25. The number of rotatable bonds is 14. The molecule has 0 radical (unpaired) electrons. The van der Waals surface area contributed by atoms with Crippen molar-refractivity contribution in [1.82, 2.24) is 15.2 Å². The number of aryl methyl sites for hydroxylation is 2. The smallest absolute Gasteiger partial charge is 0.352 e. The number of ketones is 1. The van der Waals surface area contributed by atoms with Gasteiger partial charge in [0.2, 0.25) is 11.5 Å². The molecule has 50 heavy (non-hydrogen) atoms. The summed E-state index contributed by atoms with van der Waals surface area (Å²) in [6.07, 6.45) is 1.57. The van der Waals surface area contributed by atoms with Crippen molar-refractivity contribution in [2.45, 2.75) is 57.9 Å². The fraction of sp³-hybridized carbons (Fsp3) is 0.485. The molecule has 2 saturated heterocycles. The minimum Gasteiger partial charge on any atom is -0.506 e. The first kappa shape index (κ1) is 37.3. The van der Waals surface area contributed by atoms with E-state index in [2.05, 4.69) is 15.5 Å². The molecule has 4 N–H and O–H groups in total. The number of fused-ring (bicyclic) bond motifs is 1. The summed E-state index contributed by atoms with van der Waals surface area (Å²) in [5, 5.41) is 38.3. The summed E-state index contributed by atoms with van der Waals surface area (Å²) in [5.41, 5.74) is -0.486. The van der Waals surface area contributed by atoms with Crippen molar-refractivity contribution < 1.29 is 48.6 Å². The van der Waals surface area contributed by atoms with Gasteiger partial charge in [0.05, 0.1) is 53.1 Å². The number of β-lactam (4-membered cyclic amide) rings is 1. The molecular formula is C33H39ClN5O9S2+. The number of aromatic hydroxyl groups is 1. The van der Waals surface area contributed by atoms with Crippen LogP contribution in [0.5, 0.6) is 5.75 Å². The van der Waals surface area contributed by atoms with Crippen molar-refractivity contribution in [1.29, 1.82) is 0 Å². The van der Waals surface area contributed by atoms with Crippen LogP contribution in [-0.2, 0) is 24.0 Å². The molecule has 2 atom stereocenters. The number of carboxylic acids is 2. The molecular weight excluding hydrogens is 710 g/mol. The highest BCUT2D eigenvalue weighted by Gasteiger charge is 2.55. The summed E-state index contributed by atoms with van der Waals surface area (Å²) < 4.78 is 0.536. The SMILES string of the molecule is Cc1nc(/C(=N/OC(C)(C)C(=O)O)C(=O)C[C@@H]2C(=O)N3C(C(=O)O)=C(C[N+]4(CCNC(=O)c5ccc(C)c(O)c5Cl)CCCC4)CS[C@H]23)cs1. The fourth-order valence-electron chi connectivity index (χ4n) is 6.36. The van der Waals surface area contributed by atoms with Crippen LogP contribution in [0, 0.1) is 19.8 Å². The quantitative estimate of drug-likeness (QED) is 0.0955. The maximum atomic E-state index is 13.6. The number of nitrogens with one attached hydrogen (secondary N) is 1. The van der Waals surface area contributed by atoms with E-state index in [4.69, 9.17) is 16.4 Å². The van der Waals surface area contributed by atoms with Crippen molar-refractivity contribution in [3.05, 3.63) is 55.6 Å². The highest BCUT2D eigenvalue weighted by molar-refractivity contribution is 8.00. The molecule has 3 aliphatic rings. The van der Waals surface area contributed by atoms with E-state index in [1.807, 2.05) is 0 Å². The number of carbonyl (C=O) groups is 5. The molecule has 14 nitrogen and oxygen atoms in total. The number of aromatic nitrogens is 1. The molecule has 2 fully saturated rings. The molecule has 2 amide bonds. The van der Waals surface area contributed by atoms with Gasteiger partial charge >= 0.3 is 11.9 Å². The Kier molecular flexibility index (Phi) is 11.0. The molecule has 0 unspecified atom stereocenters. The maximum Gasteiger partial charge on any atom is 0.352 e. The Hall–Kier alpha value is -3.99. The number of Topliss-reactive ketones (excluding diaryl/α,β-unsaturated/α-hetero) is 1. The number of thiazole rings is 1. The van der Waals surface area contributed by atoms with Crippen LogP contribution in [0.4, 0.5) is 0 Å². The van der Waals surface area contributed by atoms with Gasteiger partial charge in [-0.2, -0.15) is 0 Å². The van der Waals surface area contributed by atoms with Crippen LogP contribution >= 0.6 is 34.7 Å². The van der Waals surface area contributed by atoms with E-state index in [1.54, 1.807) is 31.4 Å². The first-order valence-electron chi connectivity index (χ1n) is 16.0. The van der Waals surface area contributed by atoms with E-state index in [0.29, 0.717) is 39.5 Å². The Labute approximate surface area is 301 Å². The van der Waals surface area contributed by atoms with Gasteiger partial charge in [-0.1, -0.05) is 22.8 Å². The van der Waals surface area contributed by atoms with Crippen LogP contribution in [0.25, 0.3) is 0 Å². The second kappa shape index (κ2) is 14.7. The third-order valence-corrected chi connectivity index (χ3v) is 11.8. The highest BCUT2D eigenvalue weighted by atomic mass is 35.5. The van der Waals surface area contributed by atoms with Crippen LogP contribution in [0.3, 0.4) is 0 Å². The van der Waals surface area contributed by atoms with Crippen LogP contribution in [0.2, 0.25) is 5.02 Å². The predicted octanol–water partition coefficient (Wildman–Crippen LogP) is 3.57. The van der Waals surface area contributed by atoms with Gasteiger partial charge in [-0.15, -0.1) is 23.1 Å². The number of benzene rings is 1. The number of aliphatic carboxylic acids is 2. The number of quaternary nitrogens is 1. The molecule has 3 aliphatic heterocycles. The molecule has 0 aliphatic carbocycles. The number of oxime groups is 1. The van der Waals surface area contributed by atoms with Crippen molar-refractivity contribution in [3.63, 3.8) is 0 Å². The zero-order valence-corrected chi connectivity index (χ0v) is 30.4. The number of phenolic OH excluding ortho intramolecular Hbond substituents is 1. The lowest BCUT2D eigenvalue weighted by atomic mass is 9.89. The number of carboxylic acid groups (broad SMARTS) is 2. The lowest BCUT2D eigenvalue weighted by Gasteiger charge is -2.50. The minimum absolute atomic E-state index is 0.0194. The number of carbonyl (C=O) groups excluding carboxylic acids is 3. The van der Waals surface area contributed by atoms with E-state index in [-0.39, 0.29) is 46.4 Å². The third kappa shape index (κ3) is 7.53. The largest absolute Gasteiger partial charge is 0.506 e. The number of phenols is 1. The van der Waals surface area contributed by atoms with Gasteiger partial charge in [-0.25, -0.2) is 14.6 Å². The molecule has 4 heterocycles. The Bertz CT molecular complexity index is 1800. The van der Waals surface area contributed by atoms with Gasteiger partial charge in [0.25, 0.3) is 5.91 Å². The number of hydrogen-bond donors (Lipinski definition) is 4. The Morgan fingerprint density at radius 3 is 2.50 bits per heavy atom. The summed E-state index contributed by atoms with van der Waals surface area (Å²) in [4.78, 5) is 75.0. The van der Waals surface area contributed by atoms with Crippen LogP contribution in [0.15, 0.2) is 33.9 Å².